The van der Waals surface area contributed by atoms with Crippen molar-refractivity contribution in [3.05, 3.63) is 41.6 Å². The first-order chi connectivity index (χ1) is 8.56. The van der Waals surface area contributed by atoms with Crippen LogP contribution in [-0.4, -0.2) is 23.9 Å². The highest BCUT2D eigenvalue weighted by molar-refractivity contribution is 5.46. The lowest BCUT2D eigenvalue weighted by molar-refractivity contribution is 0.745. The van der Waals surface area contributed by atoms with Gasteiger partial charge in [0, 0.05) is 32.9 Å². The third-order valence-electron chi connectivity index (χ3n) is 3.09. The van der Waals surface area contributed by atoms with Crippen molar-refractivity contribution < 1.29 is 0 Å². The van der Waals surface area contributed by atoms with Crippen LogP contribution >= 0.6 is 0 Å². The quantitative estimate of drug-likeness (QED) is 0.893. The lowest BCUT2D eigenvalue weighted by Crippen LogP contribution is -2.08. The molecule has 96 valence electrons. The SMILES string of the molecule is CN(C)c1ccc(CCc2cc(N)n(C)n2)cc1. The Bertz CT molecular complexity index is 492. The molecular formula is C14H20N4. The number of rotatable bonds is 4. The van der Waals surface area contributed by atoms with Crippen LogP contribution in [0.4, 0.5) is 11.5 Å². The molecule has 0 spiro atoms. The molecule has 1 aromatic heterocycles. The molecular weight excluding hydrogens is 224 g/mol. The topological polar surface area (TPSA) is 47.1 Å². The molecule has 0 unspecified atom stereocenters. The molecule has 0 fully saturated rings. The van der Waals surface area contributed by atoms with E-state index in [-0.39, 0.29) is 0 Å². The molecule has 4 nitrogen and oxygen atoms in total. The second-order valence-corrected chi connectivity index (χ2v) is 4.75. The van der Waals surface area contributed by atoms with E-state index in [1.807, 2.05) is 27.2 Å². The number of anilines is 2. The van der Waals surface area contributed by atoms with E-state index in [0.29, 0.717) is 5.82 Å². The maximum Gasteiger partial charge on any atom is 0.121 e. The second kappa shape index (κ2) is 5.12. The number of hydrogen-bond acceptors (Lipinski definition) is 3. The number of benzene rings is 1. The standard InChI is InChI=1S/C14H20N4/c1-17(2)13-8-5-11(6-9-13)4-7-12-10-14(15)18(3)16-12/h5-6,8-10H,4,7,15H2,1-3H3. The summed E-state index contributed by atoms with van der Waals surface area (Å²) in [5, 5.41) is 4.35. The van der Waals surface area contributed by atoms with Crippen LogP contribution in [0.3, 0.4) is 0 Å². The zero-order chi connectivity index (χ0) is 13.1. The smallest absolute Gasteiger partial charge is 0.121 e. The molecule has 0 saturated carbocycles. The average Bonchev–Trinajstić information content (AvgIpc) is 2.67. The molecule has 0 saturated heterocycles. The Kier molecular flexibility index (Phi) is 3.55. The van der Waals surface area contributed by atoms with Crippen molar-refractivity contribution in [1.82, 2.24) is 9.78 Å². The molecule has 0 amide bonds. The first kappa shape index (κ1) is 12.5. The van der Waals surface area contributed by atoms with Gasteiger partial charge in [-0.25, -0.2) is 0 Å². The van der Waals surface area contributed by atoms with Crippen LogP contribution in [0.2, 0.25) is 0 Å². The predicted molar refractivity (Wildman–Crippen MR) is 75.8 cm³/mol. The van der Waals surface area contributed by atoms with E-state index in [1.54, 1.807) is 4.68 Å². The molecule has 2 rings (SSSR count). The number of aromatic nitrogens is 2. The minimum atomic E-state index is 0.716. The fourth-order valence-corrected chi connectivity index (χ4v) is 1.90. The Labute approximate surface area is 108 Å². The van der Waals surface area contributed by atoms with Gasteiger partial charge in [-0.15, -0.1) is 0 Å². The van der Waals surface area contributed by atoms with E-state index >= 15 is 0 Å². The van der Waals surface area contributed by atoms with Gasteiger partial charge in [0.2, 0.25) is 0 Å². The molecule has 0 aliphatic heterocycles. The van der Waals surface area contributed by atoms with Gasteiger partial charge < -0.3 is 10.6 Å². The highest BCUT2D eigenvalue weighted by Crippen LogP contribution is 2.14. The molecule has 0 radical (unpaired) electrons. The summed E-state index contributed by atoms with van der Waals surface area (Å²) < 4.78 is 1.71. The molecule has 18 heavy (non-hydrogen) atoms. The van der Waals surface area contributed by atoms with Crippen molar-refractivity contribution in [2.75, 3.05) is 24.7 Å². The summed E-state index contributed by atoms with van der Waals surface area (Å²) in [6.07, 6.45) is 1.91. The average molecular weight is 244 g/mol. The zero-order valence-electron chi connectivity index (χ0n) is 11.2. The monoisotopic (exact) mass is 244 g/mol. The fourth-order valence-electron chi connectivity index (χ4n) is 1.90. The van der Waals surface area contributed by atoms with Crippen LogP contribution in [0.5, 0.6) is 0 Å². The van der Waals surface area contributed by atoms with Crippen LogP contribution in [0.1, 0.15) is 11.3 Å². The summed E-state index contributed by atoms with van der Waals surface area (Å²) in [5.74, 6) is 0.716. The van der Waals surface area contributed by atoms with Crippen LogP contribution in [0, 0.1) is 0 Å². The largest absolute Gasteiger partial charge is 0.384 e. The van der Waals surface area contributed by atoms with E-state index in [1.165, 1.54) is 11.3 Å². The van der Waals surface area contributed by atoms with Gasteiger partial charge in [-0.2, -0.15) is 5.10 Å². The molecule has 0 aliphatic rings. The van der Waals surface area contributed by atoms with Gasteiger partial charge in [0.25, 0.3) is 0 Å². The minimum absolute atomic E-state index is 0.716. The number of nitrogen functional groups attached to an aromatic ring is 1. The normalized spacial score (nSPS) is 10.6. The van der Waals surface area contributed by atoms with Crippen molar-refractivity contribution in [1.29, 1.82) is 0 Å². The van der Waals surface area contributed by atoms with Crippen LogP contribution in [0.15, 0.2) is 30.3 Å². The van der Waals surface area contributed by atoms with Gasteiger partial charge in [0.15, 0.2) is 0 Å². The Hall–Kier alpha value is -1.97. The Morgan fingerprint density at radius 1 is 1.17 bits per heavy atom. The van der Waals surface area contributed by atoms with Crippen molar-refractivity contribution in [2.24, 2.45) is 7.05 Å². The van der Waals surface area contributed by atoms with E-state index in [9.17, 15) is 0 Å². The van der Waals surface area contributed by atoms with E-state index in [2.05, 4.69) is 34.3 Å². The van der Waals surface area contributed by atoms with E-state index < -0.39 is 0 Å². The summed E-state index contributed by atoms with van der Waals surface area (Å²) >= 11 is 0. The van der Waals surface area contributed by atoms with Gasteiger partial charge in [0.1, 0.15) is 5.82 Å². The molecule has 1 aromatic carbocycles. The summed E-state index contributed by atoms with van der Waals surface area (Å²) in [7, 11) is 5.96. The highest BCUT2D eigenvalue weighted by atomic mass is 15.3. The van der Waals surface area contributed by atoms with Gasteiger partial charge in [-0.1, -0.05) is 12.1 Å². The van der Waals surface area contributed by atoms with Gasteiger partial charge in [0.05, 0.1) is 5.69 Å². The Morgan fingerprint density at radius 2 is 1.83 bits per heavy atom. The molecule has 2 aromatic rings. The second-order valence-electron chi connectivity index (χ2n) is 4.75. The first-order valence-electron chi connectivity index (χ1n) is 6.11. The lowest BCUT2D eigenvalue weighted by Gasteiger charge is -2.12. The van der Waals surface area contributed by atoms with Crippen molar-refractivity contribution in [3.8, 4) is 0 Å². The maximum atomic E-state index is 5.76. The van der Waals surface area contributed by atoms with Gasteiger partial charge >= 0.3 is 0 Å². The third kappa shape index (κ3) is 2.83. The number of nitrogens with zero attached hydrogens (tertiary/aromatic N) is 3. The van der Waals surface area contributed by atoms with Gasteiger partial charge in [-0.3, -0.25) is 4.68 Å². The number of hydrogen-bond donors (Lipinski definition) is 1. The fraction of sp³-hybridized carbons (Fsp3) is 0.357. The highest BCUT2D eigenvalue weighted by Gasteiger charge is 2.02. The molecule has 0 atom stereocenters. The van der Waals surface area contributed by atoms with Crippen LogP contribution in [-0.2, 0) is 19.9 Å². The van der Waals surface area contributed by atoms with E-state index in [0.717, 1.165) is 18.5 Å². The Morgan fingerprint density at radius 3 is 2.33 bits per heavy atom. The van der Waals surface area contributed by atoms with Crippen LogP contribution < -0.4 is 10.6 Å². The summed E-state index contributed by atoms with van der Waals surface area (Å²) in [5.41, 5.74) is 9.35. The number of aryl methyl sites for hydroxylation is 3. The van der Waals surface area contributed by atoms with Crippen molar-refractivity contribution in [2.45, 2.75) is 12.8 Å². The molecule has 1 heterocycles. The zero-order valence-corrected chi connectivity index (χ0v) is 11.2. The van der Waals surface area contributed by atoms with Gasteiger partial charge in [-0.05, 0) is 30.5 Å². The lowest BCUT2D eigenvalue weighted by atomic mass is 10.1. The first-order valence-corrected chi connectivity index (χ1v) is 6.11. The van der Waals surface area contributed by atoms with Crippen molar-refractivity contribution >= 4 is 11.5 Å². The van der Waals surface area contributed by atoms with Crippen LogP contribution in [0.25, 0.3) is 0 Å². The molecule has 0 aliphatic carbocycles. The predicted octanol–water partition coefficient (Wildman–Crippen LogP) is 1.85. The number of nitrogens with two attached hydrogens (primary N) is 1. The molecule has 0 bridgehead atoms. The minimum Gasteiger partial charge on any atom is -0.384 e. The molecule has 4 heteroatoms. The van der Waals surface area contributed by atoms with E-state index in [4.69, 9.17) is 5.73 Å². The summed E-state index contributed by atoms with van der Waals surface area (Å²) in [6.45, 7) is 0. The summed E-state index contributed by atoms with van der Waals surface area (Å²) in [6, 6.07) is 10.6. The van der Waals surface area contributed by atoms with Crippen molar-refractivity contribution in [3.63, 3.8) is 0 Å². The summed E-state index contributed by atoms with van der Waals surface area (Å²) in [4.78, 5) is 2.10. The Balaban J connectivity index is 1.97. The maximum absolute atomic E-state index is 5.76. The third-order valence-corrected chi connectivity index (χ3v) is 3.09. The molecule has 2 N–H and O–H groups in total.